The molecule has 0 radical (unpaired) electrons. The molecule has 2 aromatic carbocycles. The fraction of sp³-hybridized carbons (Fsp3) is 0.394. The van der Waals surface area contributed by atoms with E-state index in [1.165, 1.54) is 45.2 Å². The maximum atomic E-state index is 8.98. The molecule has 3 heterocycles. The SMILES string of the molecule is CCn1c2ccccc2c2cc(C(CCCCCN3CCN(c4ccc(C=C(C#N)C#N)s4)CC3)OC)ccc21. The average molecular weight is 552 g/mol. The van der Waals surface area contributed by atoms with Gasteiger partial charge >= 0.3 is 0 Å². The number of rotatable bonds is 11. The summed E-state index contributed by atoms with van der Waals surface area (Å²) in [6.07, 6.45) is 6.40. The highest BCUT2D eigenvalue weighted by molar-refractivity contribution is 7.16. The van der Waals surface area contributed by atoms with Crippen LogP contribution in [-0.4, -0.2) is 49.3 Å². The summed E-state index contributed by atoms with van der Waals surface area (Å²) in [5, 5.41) is 21.8. The highest BCUT2D eigenvalue weighted by Gasteiger charge is 2.19. The molecule has 2 aromatic heterocycles. The van der Waals surface area contributed by atoms with Gasteiger partial charge in [0.25, 0.3) is 0 Å². The second kappa shape index (κ2) is 13.2. The first-order valence-electron chi connectivity index (χ1n) is 14.3. The van der Waals surface area contributed by atoms with Crippen molar-refractivity contribution in [1.82, 2.24) is 9.47 Å². The number of methoxy groups -OCH3 is 1. The predicted molar refractivity (Wildman–Crippen MR) is 166 cm³/mol. The van der Waals surface area contributed by atoms with Crippen molar-refractivity contribution in [2.24, 2.45) is 0 Å². The van der Waals surface area contributed by atoms with Crippen molar-refractivity contribution in [3.63, 3.8) is 0 Å². The molecule has 1 unspecified atom stereocenters. The number of piperazine rings is 1. The van der Waals surface area contributed by atoms with E-state index in [0.717, 1.165) is 57.0 Å². The van der Waals surface area contributed by atoms with Crippen LogP contribution in [-0.2, 0) is 11.3 Å². The Morgan fingerprint density at radius 1 is 0.950 bits per heavy atom. The molecule has 0 spiro atoms. The van der Waals surface area contributed by atoms with Gasteiger partial charge in [0, 0.05) is 66.5 Å². The third kappa shape index (κ3) is 6.08. The first-order valence-corrected chi connectivity index (χ1v) is 15.1. The first kappa shape index (κ1) is 27.9. The maximum absolute atomic E-state index is 8.98. The Balaban J connectivity index is 1.08. The number of fused-ring (bicyclic) bond motifs is 3. The third-order valence-electron chi connectivity index (χ3n) is 8.03. The number of thiophene rings is 1. The van der Waals surface area contributed by atoms with Crippen LogP contribution in [0.5, 0.6) is 0 Å². The number of para-hydroxylation sites is 1. The van der Waals surface area contributed by atoms with E-state index in [9.17, 15) is 0 Å². The predicted octanol–water partition coefficient (Wildman–Crippen LogP) is 7.38. The van der Waals surface area contributed by atoms with E-state index in [0.29, 0.717) is 0 Å². The molecule has 0 aliphatic carbocycles. The largest absolute Gasteiger partial charge is 0.377 e. The summed E-state index contributed by atoms with van der Waals surface area (Å²) in [6, 6.07) is 23.5. The lowest BCUT2D eigenvalue weighted by molar-refractivity contribution is 0.0929. The highest BCUT2D eigenvalue weighted by atomic mass is 32.1. The smallest absolute Gasteiger partial charge is 0.131 e. The van der Waals surface area contributed by atoms with Crippen LogP contribution in [0.25, 0.3) is 27.9 Å². The van der Waals surface area contributed by atoms with Crippen LogP contribution < -0.4 is 4.90 Å². The number of aryl methyl sites for hydroxylation is 1. The Morgan fingerprint density at radius 2 is 1.73 bits per heavy atom. The molecule has 0 saturated carbocycles. The molecule has 7 heteroatoms. The molecule has 1 atom stereocenters. The number of nitriles is 2. The fourth-order valence-electron chi connectivity index (χ4n) is 5.89. The molecule has 1 saturated heterocycles. The zero-order valence-corrected chi connectivity index (χ0v) is 24.3. The summed E-state index contributed by atoms with van der Waals surface area (Å²) >= 11 is 1.65. The number of ether oxygens (including phenoxy) is 1. The number of nitrogens with zero attached hydrogens (tertiary/aromatic N) is 5. The van der Waals surface area contributed by atoms with Gasteiger partial charge in [0.1, 0.15) is 17.7 Å². The molecule has 6 nitrogen and oxygen atoms in total. The zero-order valence-electron chi connectivity index (χ0n) is 23.5. The molecule has 0 amide bonds. The Morgan fingerprint density at radius 3 is 2.48 bits per heavy atom. The van der Waals surface area contributed by atoms with Crippen LogP contribution in [0.3, 0.4) is 0 Å². The van der Waals surface area contributed by atoms with Gasteiger partial charge < -0.3 is 14.2 Å². The van der Waals surface area contributed by atoms with Crippen molar-refractivity contribution in [2.45, 2.75) is 45.3 Å². The highest BCUT2D eigenvalue weighted by Crippen LogP contribution is 2.33. The summed E-state index contributed by atoms with van der Waals surface area (Å²) in [5.74, 6) is 0. The average Bonchev–Trinajstić information content (AvgIpc) is 3.60. The number of hydrogen-bond acceptors (Lipinski definition) is 6. The Kier molecular flexibility index (Phi) is 9.19. The normalized spacial score (nSPS) is 14.8. The van der Waals surface area contributed by atoms with Crippen molar-refractivity contribution in [3.05, 3.63) is 70.6 Å². The number of anilines is 1. The monoisotopic (exact) mass is 551 g/mol. The van der Waals surface area contributed by atoms with Gasteiger partial charge in [-0.3, -0.25) is 4.90 Å². The van der Waals surface area contributed by atoms with Crippen molar-refractivity contribution in [1.29, 1.82) is 10.5 Å². The molecule has 1 aliphatic heterocycles. The molecule has 40 heavy (non-hydrogen) atoms. The lowest BCUT2D eigenvalue weighted by Crippen LogP contribution is -2.46. The summed E-state index contributed by atoms with van der Waals surface area (Å²) in [4.78, 5) is 5.94. The zero-order chi connectivity index (χ0) is 27.9. The Hall–Kier alpha value is -3.62. The van der Waals surface area contributed by atoms with Crippen molar-refractivity contribution < 1.29 is 4.74 Å². The van der Waals surface area contributed by atoms with E-state index in [4.69, 9.17) is 15.3 Å². The van der Waals surface area contributed by atoms with Crippen LogP contribution in [0.4, 0.5) is 5.00 Å². The summed E-state index contributed by atoms with van der Waals surface area (Å²) < 4.78 is 8.36. The summed E-state index contributed by atoms with van der Waals surface area (Å²) in [5.41, 5.74) is 4.02. The van der Waals surface area contributed by atoms with Crippen molar-refractivity contribution in [2.75, 3.05) is 44.7 Å². The molecule has 0 bridgehead atoms. The molecule has 206 valence electrons. The standard InChI is InChI=1S/C33H37N5OS/c1-3-38-30-10-7-6-9-28(30)29-22-26(12-14-31(29)38)32(39-2)11-5-4-8-16-36-17-19-37(20-18-36)33-15-13-27(40-33)21-25(23-34)24-35/h6-7,9-10,12-15,21-22,32H,3-5,8,11,16-20H2,1-2H3. The van der Waals surface area contributed by atoms with E-state index in [1.807, 2.05) is 25.3 Å². The molecule has 0 N–H and O–H groups in total. The molecule has 1 fully saturated rings. The molecule has 4 aromatic rings. The van der Waals surface area contributed by atoms with Crippen molar-refractivity contribution in [3.8, 4) is 12.1 Å². The van der Waals surface area contributed by atoms with Crippen LogP contribution in [0.15, 0.2) is 60.2 Å². The molecule has 5 rings (SSSR count). The van der Waals surface area contributed by atoms with Gasteiger partial charge in [-0.25, -0.2) is 0 Å². The van der Waals surface area contributed by atoms with Gasteiger partial charge in [-0.2, -0.15) is 10.5 Å². The van der Waals surface area contributed by atoms with Gasteiger partial charge in [0.15, 0.2) is 0 Å². The van der Waals surface area contributed by atoms with Crippen molar-refractivity contribution >= 4 is 44.2 Å². The van der Waals surface area contributed by atoms with Crippen LogP contribution >= 0.6 is 11.3 Å². The number of allylic oxidation sites excluding steroid dienone is 1. The summed E-state index contributed by atoms with van der Waals surface area (Å²) in [7, 11) is 1.84. The lowest BCUT2D eigenvalue weighted by atomic mass is 10.0. The second-order valence-electron chi connectivity index (χ2n) is 10.4. The minimum absolute atomic E-state index is 0.125. The summed E-state index contributed by atoms with van der Waals surface area (Å²) in [6.45, 7) is 8.46. The van der Waals surface area contributed by atoms with E-state index in [2.05, 4.69) is 69.8 Å². The topological polar surface area (TPSA) is 68.2 Å². The quantitative estimate of drug-likeness (QED) is 0.144. The van der Waals surface area contributed by atoms with Crippen LogP contribution in [0.1, 0.15) is 49.2 Å². The third-order valence-corrected chi connectivity index (χ3v) is 9.13. The number of aromatic nitrogens is 1. The van der Waals surface area contributed by atoms with E-state index in [-0.39, 0.29) is 11.7 Å². The van der Waals surface area contributed by atoms with Gasteiger partial charge in [-0.05, 0) is 68.3 Å². The van der Waals surface area contributed by atoms with Crippen LogP contribution in [0, 0.1) is 22.7 Å². The van der Waals surface area contributed by atoms with Gasteiger partial charge in [-0.15, -0.1) is 11.3 Å². The molecular weight excluding hydrogens is 514 g/mol. The number of unbranched alkanes of at least 4 members (excludes halogenated alkanes) is 2. The van der Waals surface area contributed by atoms with E-state index >= 15 is 0 Å². The minimum Gasteiger partial charge on any atom is -0.377 e. The number of hydrogen-bond donors (Lipinski definition) is 0. The first-order chi connectivity index (χ1) is 19.6. The second-order valence-corrected chi connectivity index (χ2v) is 11.5. The Labute approximate surface area is 241 Å². The molecule has 1 aliphatic rings. The van der Waals surface area contributed by atoms with Gasteiger partial charge in [0.05, 0.1) is 11.1 Å². The lowest BCUT2D eigenvalue weighted by Gasteiger charge is -2.35. The van der Waals surface area contributed by atoms with Gasteiger partial charge in [0.2, 0.25) is 0 Å². The molecular formula is C33H37N5OS. The van der Waals surface area contributed by atoms with Crippen LogP contribution in [0.2, 0.25) is 0 Å². The van der Waals surface area contributed by atoms with Gasteiger partial charge in [-0.1, -0.05) is 37.1 Å². The fourth-order valence-corrected chi connectivity index (χ4v) is 6.89. The number of benzene rings is 2. The van der Waals surface area contributed by atoms with E-state index in [1.54, 1.807) is 17.4 Å². The van der Waals surface area contributed by atoms with E-state index < -0.39 is 0 Å². The minimum atomic E-state index is 0.125. The maximum Gasteiger partial charge on any atom is 0.131 e. The Bertz CT molecular complexity index is 1550.